The summed E-state index contributed by atoms with van der Waals surface area (Å²) < 4.78 is 18.2. The van der Waals surface area contributed by atoms with E-state index >= 15 is 0 Å². The molecular formula is C16H23FN2O2. The topological polar surface area (TPSA) is 41.6 Å². The maximum Gasteiger partial charge on any atom is 0.241 e. The Bertz CT molecular complexity index is 478. The van der Waals surface area contributed by atoms with Crippen LogP contribution in [0.1, 0.15) is 38.4 Å². The van der Waals surface area contributed by atoms with Crippen LogP contribution in [-0.4, -0.2) is 36.6 Å². The van der Waals surface area contributed by atoms with Crippen LogP contribution in [-0.2, 0) is 9.53 Å². The first-order valence-corrected chi connectivity index (χ1v) is 7.41. The Hall–Kier alpha value is -1.46. The standard InChI is InChI=1S/C16H23FN2O2/c1-4-14-16(20)19(11(2)9-10-21-3)15(18-14)12-5-7-13(17)8-6-12/h5-8,11,14-15,18H,4,9-10H2,1-3H3. The average molecular weight is 294 g/mol. The number of nitrogens with one attached hydrogen (secondary N) is 1. The molecule has 1 aromatic rings. The van der Waals surface area contributed by atoms with E-state index in [2.05, 4.69) is 5.32 Å². The maximum absolute atomic E-state index is 13.1. The lowest BCUT2D eigenvalue weighted by Crippen LogP contribution is -2.39. The summed E-state index contributed by atoms with van der Waals surface area (Å²) in [4.78, 5) is 14.4. The Morgan fingerprint density at radius 1 is 1.38 bits per heavy atom. The molecule has 116 valence electrons. The molecule has 0 saturated carbocycles. The minimum absolute atomic E-state index is 0.0663. The van der Waals surface area contributed by atoms with Crippen molar-refractivity contribution in [3.05, 3.63) is 35.6 Å². The zero-order valence-electron chi connectivity index (χ0n) is 12.8. The molecule has 21 heavy (non-hydrogen) atoms. The highest BCUT2D eigenvalue weighted by atomic mass is 19.1. The molecule has 2 rings (SSSR count). The predicted octanol–water partition coefficient (Wildman–Crippen LogP) is 2.46. The van der Waals surface area contributed by atoms with Gasteiger partial charge in [-0.05, 0) is 37.5 Å². The van der Waals surface area contributed by atoms with Crippen molar-refractivity contribution in [1.82, 2.24) is 10.2 Å². The van der Waals surface area contributed by atoms with Crippen molar-refractivity contribution in [1.29, 1.82) is 0 Å². The molecule has 1 saturated heterocycles. The molecule has 0 spiro atoms. The van der Waals surface area contributed by atoms with E-state index in [1.807, 2.05) is 18.7 Å². The Morgan fingerprint density at radius 3 is 2.62 bits per heavy atom. The summed E-state index contributed by atoms with van der Waals surface area (Å²) in [5, 5.41) is 3.35. The number of halogens is 1. The number of ether oxygens (including phenoxy) is 1. The van der Waals surface area contributed by atoms with Crippen LogP contribution in [0.15, 0.2) is 24.3 Å². The summed E-state index contributed by atoms with van der Waals surface area (Å²) in [5.74, 6) is -0.162. The molecule has 1 fully saturated rings. The van der Waals surface area contributed by atoms with Crippen molar-refractivity contribution in [2.75, 3.05) is 13.7 Å². The van der Waals surface area contributed by atoms with Crippen LogP contribution in [0.25, 0.3) is 0 Å². The fraction of sp³-hybridized carbons (Fsp3) is 0.562. The first-order chi connectivity index (χ1) is 10.1. The van der Waals surface area contributed by atoms with Crippen molar-refractivity contribution in [3.63, 3.8) is 0 Å². The Morgan fingerprint density at radius 2 is 2.05 bits per heavy atom. The summed E-state index contributed by atoms with van der Waals surface area (Å²) in [6.45, 7) is 4.62. The van der Waals surface area contributed by atoms with Crippen LogP contribution in [0.2, 0.25) is 0 Å². The second kappa shape index (κ2) is 7.00. The lowest BCUT2D eigenvalue weighted by molar-refractivity contribution is -0.132. The highest BCUT2D eigenvalue weighted by Crippen LogP contribution is 2.29. The van der Waals surface area contributed by atoms with Crippen LogP contribution in [0.5, 0.6) is 0 Å². The number of carbonyl (C=O) groups excluding carboxylic acids is 1. The van der Waals surface area contributed by atoms with Crippen LogP contribution in [0.3, 0.4) is 0 Å². The Kier molecular flexibility index (Phi) is 5.31. The zero-order chi connectivity index (χ0) is 15.4. The molecule has 1 aliphatic heterocycles. The number of rotatable bonds is 6. The van der Waals surface area contributed by atoms with E-state index in [1.54, 1.807) is 19.2 Å². The van der Waals surface area contributed by atoms with Crippen LogP contribution in [0, 0.1) is 5.82 Å². The first-order valence-electron chi connectivity index (χ1n) is 7.41. The van der Waals surface area contributed by atoms with Gasteiger partial charge in [0.15, 0.2) is 0 Å². The lowest BCUT2D eigenvalue weighted by Gasteiger charge is -2.30. The number of hydrogen-bond donors (Lipinski definition) is 1. The van der Waals surface area contributed by atoms with Gasteiger partial charge < -0.3 is 9.64 Å². The largest absolute Gasteiger partial charge is 0.385 e. The molecule has 0 aromatic heterocycles. The smallest absolute Gasteiger partial charge is 0.241 e. The van der Waals surface area contributed by atoms with Gasteiger partial charge in [0.2, 0.25) is 5.91 Å². The van der Waals surface area contributed by atoms with Gasteiger partial charge in [-0.15, -0.1) is 0 Å². The summed E-state index contributed by atoms with van der Waals surface area (Å²) in [6, 6.07) is 6.21. The molecule has 4 nitrogen and oxygen atoms in total. The van der Waals surface area contributed by atoms with Crippen molar-refractivity contribution in [2.45, 2.75) is 44.9 Å². The molecule has 1 aromatic carbocycles. The number of amides is 1. The number of benzene rings is 1. The van der Waals surface area contributed by atoms with Crippen LogP contribution in [0.4, 0.5) is 4.39 Å². The third-order valence-electron chi connectivity index (χ3n) is 4.00. The maximum atomic E-state index is 13.1. The van der Waals surface area contributed by atoms with Gasteiger partial charge in [-0.25, -0.2) is 4.39 Å². The summed E-state index contributed by atoms with van der Waals surface area (Å²) in [6.07, 6.45) is 1.32. The first kappa shape index (κ1) is 15.9. The van der Waals surface area contributed by atoms with Gasteiger partial charge in [-0.3, -0.25) is 10.1 Å². The molecule has 0 bridgehead atoms. The van der Waals surface area contributed by atoms with E-state index in [9.17, 15) is 9.18 Å². The molecule has 0 aliphatic carbocycles. The van der Waals surface area contributed by atoms with Gasteiger partial charge in [0, 0.05) is 19.8 Å². The van der Waals surface area contributed by atoms with Crippen molar-refractivity contribution in [3.8, 4) is 0 Å². The normalized spacial score (nSPS) is 23.6. The minimum atomic E-state index is -0.269. The monoisotopic (exact) mass is 294 g/mol. The Balaban J connectivity index is 2.23. The van der Waals surface area contributed by atoms with Crippen molar-refractivity contribution in [2.24, 2.45) is 0 Å². The van der Waals surface area contributed by atoms with Gasteiger partial charge in [-0.1, -0.05) is 19.1 Å². The van der Waals surface area contributed by atoms with E-state index in [0.717, 1.165) is 18.4 Å². The van der Waals surface area contributed by atoms with E-state index in [4.69, 9.17) is 4.74 Å². The fourth-order valence-electron chi connectivity index (χ4n) is 2.74. The van der Waals surface area contributed by atoms with Gasteiger partial charge in [0.25, 0.3) is 0 Å². The van der Waals surface area contributed by atoms with Gasteiger partial charge in [-0.2, -0.15) is 0 Å². The second-order valence-electron chi connectivity index (χ2n) is 5.46. The molecule has 0 radical (unpaired) electrons. The summed E-state index contributed by atoms with van der Waals surface area (Å²) in [7, 11) is 1.66. The number of methoxy groups -OCH3 is 1. The highest BCUT2D eigenvalue weighted by Gasteiger charge is 2.40. The van der Waals surface area contributed by atoms with Crippen LogP contribution >= 0.6 is 0 Å². The lowest BCUT2D eigenvalue weighted by atomic mass is 10.1. The third-order valence-corrected chi connectivity index (χ3v) is 4.00. The molecule has 1 heterocycles. The van der Waals surface area contributed by atoms with E-state index in [-0.39, 0.29) is 30.0 Å². The highest BCUT2D eigenvalue weighted by molar-refractivity contribution is 5.84. The quantitative estimate of drug-likeness (QED) is 0.876. The minimum Gasteiger partial charge on any atom is -0.385 e. The summed E-state index contributed by atoms with van der Waals surface area (Å²) in [5.41, 5.74) is 0.907. The number of hydrogen-bond acceptors (Lipinski definition) is 3. The second-order valence-corrected chi connectivity index (χ2v) is 5.46. The molecule has 3 atom stereocenters. The van der Waals surface area contributed by atoms with Crippen molar-refractivity contribution < 1.29 is 13.9 Å². The number of carbonyl (C=O) groups is 1. The average Bonchev–Trinajstić information content (AvgIpc) is 2.82. The molecule has 1 aliphatic rings. The zero-order valence-corrected chi connectivity index (χ0v) is 12.8. The third kappa shape index (κ3) is 3.41. The molecule has 1 N–H and O–H groups in total. The molecule has 1 amide bonds. The van der Waals surface area contributed by atoms with E-state index in [1.165, 1.54) is 12.1 Å². The molecule has 5 heteroatoms. The van der Waals surface area contributed by atoms with Gasteiger partial charge in [0.1, 0.15) is 12.0 Å². The fourth-order valence-corrected chi connectivity index (χ4v) is 2.74. The van der Waals surface area contributed by atoms with Gasteiger partial charge >= 0.3 is 0 Å². The number of nitrogens with zero attached hydrogens (tertiary/aromatic N) is 1. The van der Waals surface area contributed by atoms with Gasteiger partial charge in [0.05, 0.1) is 6.04 Å². The van der Waals surface area contributed by atoms with E-state index < -0.39 is 0 Å². The summed E-state index contributed by atoms with van der Waals surface area (Å²) >= 11 is 0. The molecular weight excluding hydrogens is 271 g/mol. The Labute approximate surface area is 125 Å². The van der Waals surface area contributed by atoms with Crippen molar-refractivity contribution >= 4 is 5.91 Å². The van der Waals surface area contributed by atoms with E-state index in [0.29, 0.717) is 6.61 Å². The SMILES string of the molecule is CCC1NC(c2ccc(F)cc2)N(C(C)CCOC)C1=O. The van der Waals surface area contributed by atoms with Crippen LogP contribution < -0.4 is 5.32 Å². The predicted molar refractivity (Wildman–Crippen MR) is 79.2 cm³/mol. The molecule has 3 unspecified atom stereocenters.